The third-order valence-corrected chi connectivity index (χ3v) is 3.39. The van der Waals surface area contributed by atoms with Crippen molar-refractivity contribution in [3.8, 4) is 0 Å². The molecule has 104 valence electrons. The van der Waals surface area contributed by atoms with Crippen molar-refractivity contribution >= 4 is 39.0 Å². The number of hydrogen-bond acceptors (Lipinski definition) is 4. The lowest BCUT2D eigenvalue weighted by Gasteiger charge is -2.18. The van der Waals surface area contributed by atoms with E-state index in [9.17, 15) is 10.1 Å². The number of halogens is 2. The zero-order chi connectivity index (χ0) is 14.7. The van der Waals surface area contributed by atoms with Gasteiger partial charge in [-0.15, -0.1) is 0 Å². The van der Waals surface area contributed by atoms with Crippen LogP contribution in [-0.4, -0.2) is 17.0 Å². The predicted octanol–water partition coefficient (Wildman–Crippen LogP) is 4.04. The average molecular weight is 357 g/mol. The molecule has 0 aliphatic rings. The average Bonchev–Trinajstić information content (AvgIpc) is 2.38. The first-order valence-electron chi connectivity index (χ1n) is 5.74. The van der Waals surface area contributed by atoms with E-state index < -0.39 is 4.92 Å². The molecule has 0 aliphatic carbocycles. The van der Waals surface area contributed by atoms with Crippen molar-refractivity contribution in [3.05, 3.63) is 61.7 Å². The highest BCUT2D eigenvalue weighted by Gasteiger charge is 2.19. The Morgan fingerprint density at radius 3 is 2.80 bits per heavy atom. The maximum atomic E-state index is 11.0. The van der Waals surface area contributed by atoms with Crippen LogP contribution in [0.5, 0.6) is 0 Å². The molecule has 0 bridgehead atoms. The maximum Gasteiger partial charge on any atom is 0.311 e. The summed E-state index contributed by atoms with van der Waals surface area (Å²) in [7, 11) is 1.74. The van der Waals surface area contributed by atoms with E-state index in [2.05, 4.69) is 20.9 Å². The van der Waals surface area contributed by atoms with Gasteiger partial charge in [0, 0.05) is 24.1 Å². The van der Waals surface area contributed by atoms with Crippen molar-refractivity contribution < 1.29 is 4.92 Å². The van der Waals surface area contributed by atoms with E-state index in [0.717, 1.165) is 10.0 Å². The Balaban J connectivity index is 2.31. The molecule has 1 aromatic heterocycles. The molecule has 2 rings (SSSR count). The third kappa shape index (κ3) is 3.46. The van der Waals surface area contributed by atoms with E-state index in [1.807, 2.05) is 24.3 Å². The molecule has 5 nitrogen and oxygen atoms in total. The quantitative estimate of drug-likeness (QED) is 0.471. The predicted molar refractivity (Wildman–Crippen MR) is 82.2 cm³/mol. The molecular weight excluding hydrogens is 346 g/mol. The first kappa shape index (κ1) is 14.7. The zero-order valence-electron chi connectivity index (χ0n) is 10.6. The smallest absolute Gasteiger partial charge is 0.311 e. The second kappa shape index (κ2) is 6.19. The van der Waals surface area contributed by atoms with Crippen LogP contribution in [0.25, 0.3) is 0 Å². The molecule has 1 heterocycles. The minimum Gasteiger partial charge on any atom is -0.350 e. The van der Waals surface area contributed by atoms with Gasteiger partial charge in [0.1, 0.15) is 5.15 Å². The number of hydrogen-bond donors (Lipinski definition) is 0. The van der Waals surface area contributed by atoms with E-state index in [-0.39, 0.29) is 16.7 Å². The first-order valence-corrected chi connectivity index (χ1v) is 6.91. The molecule has 0 unspecified atom stereocenters. The fraction of sp³-hybridized carbons (Fsp3) is 0.154. The van der Waals surface area contributed by atoms with Crippen LogP contribution in [-0.2, 0) is 6.54 Å². The lowest BCUT2D eigenvalue weighted by atomic mass is 10.2. The minimum atomic E-state index is -0.462. The van der Waals surface area contributed by atoms with Crippen LogP contribution in [0.3, 0.4) is 0 Å². The van der Waals surface area contributed by atoms with E-state index in [0.29, 0.717) is 6.54 Å². The van der Waals surface area contributed by atoms with E-state index in [1.165, 1.54) is 12.1 Å². The number of anilines is 1. The van der Waals surface area contributed by atoms with Gasteiger partial charge < -0.3 is 4.90 Å². The van der Waals surface area contributed by atoms with Crippen LogP contribution in [0, 0.1) is 10.1 Å². The minimum absolute atomic E-state index is 0.0631. The third-order valence-electron chi connectivity index (χ3n) is 2.69. The van der Waals surface area contributed by atoms with Gasteiger partial charge in [-0.2, -0.15) is 0 Å². The molecule has 0 fully saturated rings. The summed E-state index contributed by atoms with van der Waals surface area (Å²) >= 11 is 9.22. The van der Waals surface area contributed by atoms with Gasteiger partial charge in [0.2, 0.25) is 5.82 Å². The van der Waals surface area contributed by atoms with Crippen molar-refractivity contribution in [1.82, 2.24) is 4.98 Å². The van der Waals surface area contributed by atoms with Gasteiger partial charge in [-0.1, -0.05) is 39.7 Å². The highest BCUT2D eigenvalue weighted by molar-refractivity contribution is 9.10. The summed E-state index contributed by atoms with van der Waals surface area (Å²) in [4.78, 5) is 16.3. The van der Waals surface area contributed by atoms with E-state index in [4.69, 9.17) is 11.6 Å². The van der Waals surface area contributed by atoms with E-state index >= 15 is 0 Å². The molecule has 0 saturated heterocycles. The Bertz CT molecular complexity index is 651. The number of pyridine rings is 1. The van der Waals surface area contributed by atoms with Crippen molar-refractivity contribution in [2.75, 3.05) is 11.9 Å². The second-order valence-corrected chi connectivity index (χ2v) is 5.52. The highest BCUT2D eigenvalue weighted by Crippen LogP contribution is 2.28. The van der Waals surface area contributed by atoms with Crippen LogP contribution >= 0.6 is 27.5 Å². The summed E-state index contributed by atoms with van der Waals surface area (Å²) in [5, 5.41) is 11.3. The van der Waals surface area contributed by atoms with Crippen molar-refractivity contribution in [1.29, 1.82) is 0 Å². The van der Waals surface area contributed by atoms with Crippen LogP contribution in [0.4, 0.5) is 11.5 Å². The lowest BCUT2D eigenvalue weighted by molar-refractivity contribution is -0.384. The van der Waals surface area contributed by atoms with E-state index in [1.54, 1.807) is 11.9 Å². The van der Waals surface area contributed by atoms with Gasteiger partial charge in [-0.25, -0.2) is 4.98 Å². The Hall–Kier alpha value is -1.66. The second-order valence-electron chi connectivity index (χ2n) is 4.22. The van der Waals surface area contributed by atoms with Crippen molar-refractivity contribution in [3.63, 3.8) is 0 Å². The van der Waals surface area contributed by atoms with Crippen LogP contribution in [0.1, 0.15) is 5.56 Å². The normalized spacial score (nSPS) is 10.3. The number of benzene rings is 1. The fourth-order valence-corrected chi connectivity index (χ4v) is 2.42. The Labute approximate surface area is 129 Å². The van der Waals surface area contributed by atoms with Gasteiger partial charge in [-0.3, -0.25) is 10.1 Å². The summed E-state index contributed by atoms with van der Waals surface area (Å²) < 4.78 is 0.956. The van der Waals surface area contributed by atoms with Crippen LogP contribution in [0.15, 0.2) is 40.9 Å². The molecule has 0 radical (unpaired) electrons. The lowest BCUT2D eigenvalue weighted by Crippen LogP contribution is -2.19. The number of aromatic nitrogens is 1. The van der Waals surface area contributed by atoms with Gasteiger partial charge in [0.05, 0.1) is 4.92 Å². The maximum absolute atomic E-state index is 11.0. The highest BCUT2D eigenvalue weighted by atomic mass is 79.9. The molecule has 20 heavy (non-hydrogen) atoms. The fourth-order valence-electron chi connectivity index (χ4n) is 1.83. The molecule has 0 aliphatic heterocycles. The van der Waals surface area contributed by atoms with Crippen molar-refractivity contribution in [2.24, 2.45) is 0 Å². The van der Waals surface area contributed by atoms with Gasteiger partial charge in [-0.05, 0) is 23.8 Å². The number of nitrogens with zero attached hydrogens (tertiary/aromatic N) is 3. The molecule has 1 aromatic carbocycles. The Morgan fingerprint density at radius 2 is 2.15 bits per heavy atom. The Kier molecular flexibility index (Phi) is 4.57. The molecule has 0 atom stereocenters. The molecular formula is C13H11BrClN3O2. The molecule has 0 amide bonds. The van der Waals surface area contributed by atoms with Crippen LogP contribution < -0.4 is 4.90 Å². The number of nitro groups is 1. The van der Waals surface area contributed by atoms with Crippen molar-refractivity contribution in [2.45, 2.75) is 6.54 Å². The molecule has 2 aromatic rings. The van der Waals surface area contributed by atoms with Gasteiger partial charge in [0.15, 0.2) is 0 Å². The molecule has 0 N–H and O–H groups in total. The van der Waals surface area contributed by atoms with Crippen LogP contribution in [0.2, 0.25) is 5.15 Å². The Morgan fingerprint density at radius 1 is 1.40 bits per heavy atom. The standard InChI is InChI=1S/C13H11BrClN3O2/c1-17(8-9-3-2-4-10(14)7-9)13-11(18(19)20)5-6-12(15)16-13/h2-7H,8H2,1H3. The summed E-state index contributed by atoms with van der Waals surface area (Å²) in [6, 6.07) is 10.5. The molecule has 0 saturated carbocycles. The topological polar surface area (TPSA) is 59.3 Å². The van der Waals surface area contributed by atoms with Gasteiger partial charge >= 0.3 is 5.69 Å². The summed E-state index contributed by atoms with van der Waals surface area (Å²) in [5.74, 6) is 0.252. The summed E-state index contributed by atoms with van der Waals surface area (Å²) in [6.07, 6.45) is 0. The zero-order valence-corrected chi connectivity index (χ0v) is 12.9. The molecule has 7 heteroatoms. The number of rotatable bonds is 4. The summed E-state index contributed by atoms with van der Waals surface area (Å²) in [5.41, 5.74) is 0.949. The SMILES string of the molecule is CN(Cc1cccc(Br)c1)c1nc(Cl)ccc1[N+](=O)[O-]. The monoisotopic (exact) mass is 355 g/mol. The summed E-state index contributed by atoms with van der Waals surface area (Å²) in [6.45, 7) is 0.494. The first-order chi connectivity index (χ1) is 9.47. The largest absolute Gasteiger partial charge is 0.350 e. The molecule has 0 spiro atoms. The van der Waals surface area contributed by atoms with Gasteiger partial charge in [0.25, 0.3) is 0 Å².